The Kier molecular flexibility index (Phi) is 5.48. The van der Waals surface area contributed by atoms with Crippen molar-refractivity contribution in [3.05, 3.63) is 51.2 Å². The lowest BCUT2D eigenvalue weighted by Crippen LogP contribution is -2.35. The molecule has 2 aliphatic rings. The van der Waals surface area contributed by atoms with Crippen LogP contribution in [-0.2, 0) is 16.4 Å². The highest BCUT2D eigenvalue weighted by Crippen LogP contribution is 2.33. The van der Waals surface area contributed by atoms with Crippen molar-refractivity contribution in [2.75, 3.05) is 24.5 Å². The number of rotatable bonds is 3. The number of hydrogen-bond donors (Lipinski definition) is 0. The van der Waals surface area contributed by atoms with Crippen molar-refractivity contribution in [2.45, 2.75) is 30.6 Å². The van der Waals surface area contributed by atoms with Crippen LogP contribution in [0.4, 0.5) is 5.69 Å². The van der Waals surface area contributed by atoms with E-state index in [2.05, 4.69) is 20.9 Å². The highest BCUT2D eigenvalue weighted by atomic mass is 79.9. The quantitative estimate of drug-likeness (QED) is 0.620. The van der Waals surface area contributed by atoms with Gasteiger partial charge in [-0.15, -0.1) is 0 Å². The van der Waals surface area contributed by atoms with E-state index in [4.69, 9.17) is 11.6 Å². The maximum atomic E-state index is 13.0. The number of anilines is 1. The number of halogens is 2. The first-order valence-electron chi connectivity index (χ1n) is 9.14. The second-order valence-corrected chi connectivity index (χ2v) is 10.2. The zero-order valence-electron chi connectivity index (χ0n) is 15.1. The van der Waals surface area contributed by atoms with Crippen LogP contribution in [0.5, 0.6) is 0 Å². The van der Waals surface area contributed by atoms with Gasteiger partial charge in [-0.3, -0.25) is 4.79 Å². The second-order valence-electron chi connectivity index (χ2n) is 6.95. The van der Waals surface area contributed by atoms with Crippen LogP contribution >= 0.6 is 27.5 Å². The predicted molar refractivity (Wildman–Crippen MR) is 111 cm³/mol. The molecule has 28 heavy (non-hydrogen) atoms. The van der Waals surface area contributed by atoms with Gasteiger partial charge in [-0.2, -0.15) is 4.31 Å². The van der Waals surface area contributed by atoms with E-state index >= 15 is 0 Å². The van der Waals surface area contributed by atoms with Crippen molar-refractivity contribution in [3.63, 3.8) is 0 Å². The van der Waals surface area contributed by atoms with Gasteiger partial charge in [0.25, 0.3) is 5.91 Å². The van der Waals surface area contributed by atoms with Gasteiger partial charge < -0.3 is 4.90 Å². The molecule has 1 aromatic heterocycles. The summed E-state index contributed by atoms with van der Waals surface area (Å²) in [4.78, 5) is 18.9. The Morgan fingerprint density at radius 1 is 1.11 bits per heavy atom. The fraction of sp³-hybridized carbons (Fsp3) is 0.368. The third kappa shape index (κ3) is 3.58. The van der Waals surface area contributed by atoms with E-state index in [1.807, 2.05) is 0 Å². The molecule has 1 amide bonds. The monoisotopic (exact) mass is 483 g/mol. The van der Waals surface area contributed by atoms with E-state index in [9.17, 15) is 13.2 Å². The molecule has 2 aromatic rings. The van der Waals surface area contributed by atoms with Gasteiger partial charge in [-0.05, 0) is 65.0 Å². The first kappa shape index (κ1) is 19.8. The van der Waals surface area contributed by atoms with Crippen molar-refractivity contribution in [1.29, 1.82) is 0 Å². The molecule has 1 fully saturated rings. The van der Waals surface area contributed by atoms with Crippen molar-refractivity contribution in [1.82, 2.24) is 9.29 Å². The zero-order chi connectivity index (χ0) is 19.9. The molecule has 0 N–H and O–H groups in total. The molecule has 0 spiro atoms. The van der Waals surface area contributed by atoms with E-state index in [1.54, 1.807) is 33.5 Å². The standard InChI is InChI=1S/C19H19BrClN3O3S/c20-14-11-16(18(21)22-12-14)19(25)24-9-6-13-10-15(4-5-17(13)24)28(26,27)23-7-2-1-3-8-23/h4-5,10-12H,1-3,6-9H2. The van der Waals surface area contributed by atoms with Crippen molar-refractivity contribution >= 4 is 49.1 Å². The summed E-state index contributed by atoms with van der Waals surface area (Å²) in [5.74, 6) is -0.246. The molecule has 2 aliphatic heterocycles. The van der Waals surface area contributed by atoms with Gasteiger partial charge in [0.1, 0.15) is 5.15 Å². The average molecular weight is 485 g/mol. The molecule has 9 heteroatoms. The summed E-state index contributed by atoms with van der Waals surface area (Å²) in [6.45, 7) is 1.61. The number of hydrogen-bond acceptors (Lipinski definition) is 4. The fourth-order valence-corrected chi connectivity index (χ4v) is 5.81. The molecule has 0 atom stereocenters. The van der Waals surface area contributed by atoms with Gasteiger partial charge >= 0.3 is 0 Å². The smallest absolute Gasteiger partial charge is 0.261 e. The molecule has 4 rings (SSSR count). The number of nitrogens with zero attached hydrogens (tertiary/aromatic N) is 3. The van der Waals surface area contributed by atoms with Gasteiger partial charge in [-0.1, -0.05) is 18.0 Å². The molecule has 148 valence electrons. The number of benzene rings is 1. The largest absolute Gasteiger partial charge is 0.308 e. The van der Waals surface area contributed by atoms with E-state index in [1.165, 1.54) is 6.20 Å². The zero-order valence-corrected chi connectivity index (χ0v) is 18.2. The van der Waals surface area contributed by atoms with Crippen LogP contribution in [-0.4, -0.2) is 43.2 Å². The third-order valence-electron chi connectivity index (χ3n) is 5.18. The van der Waals surface area contributed by atoms with Crippen LogP contribution in [0, 0.1) is 0 Å². The van der Waals surface area contributed by atoms with Gasteiger partial charge in [0.15, 0.2) is 0 Å². The summed E-state index contributed by atoms with van der Waals surface area (Å²) in [6.07, 6.45) is 5.00. The van der Waals surface area contributed by atoms with Gasteiger partial charge in [0.05, 0.1) is 10.5 Å². The average Bonchev–Trinajstić information content (AvgIpc) is 3.13. The molecule has 0 saturated carbocycles. The molecule has 1 saturated heterocycles. The van der Waals surface area contributed by atoms with E-state index < -0.39 is 10.0 Å². The van der Waals surface area contributed by atoms with Crippen molar-refractivity contribution in [3.8, 4) is 0 Å². The highest BCUT2D eigenvalue weighted by Gasteiger charge is 2.31. The predicted octanol–water partition coefficient (Wildman–Crippen LogP) is 3.88. The second kappa shape index (κ2) is 7.74. The number of carbonyl (C=O) groups is 1. The van der Waals surface area contributed by atoms with Crippen LogP contribution in [0.25, 0.3) is 0 Å². The summed E-state index contributed by atoms with van der Waals surface area (Å²) in [5, 5.41) is 0.144. The summed E-state index contributed by atoms with van der Waals surface area (Å²) >= 11 is 9.41. The maximum absolute atomic E-state index is 13.0. The molecule has 0 bridgehead atoms. The minimum absolute atomic E-state index is 0.144. The number of amides is 1. The van der Waals surface area contributed by atoms with E-state index in [0.29, 0.717) is 41.0 Å². The fourth-order valence-electron chi connectivity index (χ4n) is 3.72. The lowest BCUT2D eigenvalue weighted by atomic mass is 10.1. The number of sulfonamides is 1. The van der Waals surface area contributed by atoms with Crippen molar-refractivity contribution < 1.29 is 13.2 Å². The van der Waals surface area contributed by atoms with Crippen LogP contribution in [0.2, 0.25) is 5.15 Å². The van der Waals surface area contributed by atoms with E-state index in [-0.39, 0.29) is 11.1 Å². The summed E-state index contributed by atoms with van der Waals surface area (Å²) in [5.41, 5.74) is 1.89. The summed E-state index contributed by atoms with van der Waals surface area (Å²) in [6, 6.07) is 6.66. The Balaban J connectivity index is 1.63. The summed E-state index contributed by atoms with van der Waals surface area (Å²) in [7, 11) is -3.49. The minimum Gasteiger partial charge on any atom is -0.308 e. The molecule has 0 radical (unpaired) electrons. The normalized spacial score (nSPS) is 17.6. The lowest BCUT2D eigenvalue weighted by Gasteiger charge is -2.26. The number of aromatic nitrogens is 1. The third-order valence-corrected chi connectivity index (χ3v) is 7.81. The number of carbonyl (C=O) groups excluding carboxylic acids is 1. The van der Waals surface area contributed by atoms with Crippen LogP contribution < -0.4 is 4.90 Å². The first-order valence-corrected chi connectivity index (χ1v) is 11.7. The topological polar surface area (TPSA) is 70.6 Å². The summed E-state index contributed by atoms with van der Waals surface area (Å²) < 4.78 is 28.1. The van der Waals surface area contributed by atoms with Gasteiger partial charge in [0, 0.05) is 36.0 Å². The molecular weight excluding hydrogens is 466 g/mol. The SMILES string of the molecule is O=C(c1cc(Br)cnc1Cl)N1CCc2cc(S(=O)(=O)N3CCCCC3)ccc21. The molecule has 3 heterocycles. The van der Waals surface area contributed by atoms with Crippen molar-refractivity contribution in [2.24, 2.45) is 0 Å². The number of pyridine rings is 1. The van der Waals surface area contributed by atoms with Crippen LogP contribution in [0.15, 0.2) is 39.8 Å². The molecule has 6 nitrogen and oxygen atoms in total. The van der Waals surface area contributed by atoms with Crippen LogP contribution in [0.1, 0.15) is 35.2 Å². The van der Waals surface area contributed by atoms with Gasteiger partial charge in [0.2, 0.25) is 10.0 Å². The minimum atomic E-state index is -3.49. The molecular formula is C19H19BrClN3O3S. The molecule has 0 aliphatic carbocycles. The number of fused-ring (bicyclic) bond motifs is 1. The molecule has 1 aromatic carbocycles. The Bertz CT molecular complexity index is 1040. The Morgan fingerprint density at radius 3 is 2.61 bits per heavy atom. The Hall–Kier alpha value is -1.48. The van der Waals surface area contributed by atoms with Gasteiger partial charge in [-0.25, -0.2) is 13.4 Å². The maximum Gasteiger partial charge on any atom is 0.261 e. The Labute approximate surface area is 177 Å². The molecule has 0 unspecified atom stereocenters. The van der Waals surface area contributed by atoms with Crippen LogP contribution in [0.3, 0.4) is 0 Å². The Morgan fingerprint density at radius 2 is 1.86 bits per heavy atom. The highest BCUT2D eigenvalue weighted by molar-refractivity contribution is 9.10. The number of piperidine rings is 1. The lowest BCUT2D eigenvalue weighted by molar-refractivity contribution is 0.0989. The first-order chi connectivity index (χ1) is 13.4. The van der Waals surface area contributed by atoms with E-state index in [0.717, 1.165) is 30.5 Å².